The minimum atomic E-state index is -2.62. The summed E-state index contributed by atoms with van der Waals surface area (Å²) < 4.78 is 10.3. The number of nitrogens with one attached hydrogen (secondary N) is 4. The van der Waals surface area contributed by atoms with Crippen LogP contribution in [0.15, 0.2) is 166 Å². The van der Waals surface area contributed by atoms with Crippen LogP contribution >= 0.6 is 185 Å². The Labute approximate surface area is 848 Å². The molecule has 13 aromatic heterocycles. The van der Waals surface area contributed by atoms with Crippen LogP contribution in [0.5, 0.6) is 0 Å². The molecule has 0 atom stereocenters. The normalized spacial score (nSPS) is 11.6. The zero-order chi connectivity index (χ0) is 95.6. The number of nitrogens with two attached hydrogens (primary N) is 1. The number of fused-ring (bicyclic) bond motifs is 3. The molecule has 0 aliphatic rings. The number of benzene rings is 3. The molecule has 39 heteroatoms. The van der Waals surface area contributed by atoms with Gasteiger partial charge >= 0.3 is 226 Å². The van der Waals surface area contributed by atoms with Crippen molar-refractivity contribution in [1.29, 1.82) is 0 Å². The second-order valence-electron chi connectivity index (χ2n) is 34.3. The van der Waals surface area contributed by atoms with Crippen LogP contribution in [-0.4, -0.2) is 130 Å². The molecule has 13 heterocycles. The van der Waals surface area contributed by atoms with E-state index in [9.17, 15) is 0 Å². The summed E-state index contributed by atoms with van der Waals surface area (Å²) in [5.41, 5.74) is 14.9. The number of isothiocyanates is 1. The summed E-state index contributed by atoms with van der Waals surface area (Å²) in [6, 6.07) is 23.6. The Kier molecular flexibility index (Phi) is 37.6. The molecule has 0 fully saturated rings. The minimum absolute atomic E-state index is 0.0201. The van der Waals surface area contributed by atoms with Crippen LogP contribution in [0.1, 0.15) is 142 Å². The predicted molar refractivity (Wildman–Crippen MR) is 574 cm³/mol. The molecular weight excluding hydrogens is 2090 g/mol. The average Bonchev–Trinajstić information content (AvgIpc) is 1.62. The molecule has 0 radical (unpaired) electrons. The maximum Gasteiger partial charge on any atom is 0.185 e. The van der Waals surface area contributed by atoms with Gasteiger partial charge in [-0.2, -0.15) is 0 Å². The monoisotopic (exact) mass is 2180 g/mol. The van der Waals surface area contributed by atoms with Gasteiger partial charge in [-0.05, 0) is 132 Å². The first-order chi connectivity index (χ1) is 62.7. The third kappa shape index (κ3) is 28.3. The molecule has 0 saturated heterocycles. The number of hydrogen-bond acceptors (Lipinski definition) is 26. The molecule has 0 aliphatic heterocycles. The number of unbranched alkanes of at least 4 members (excludes halogenated alkanes) is 3. The summed E-state index contributed by atoms with van der Waals surface area (Å²) in [5, 5.41) is 19.4. The Morgan fingerprint density at radius 3 is 1.20 bits per heavy atom. The maximum absolute atomic E-state index is 6.77. The van der Waals surface area contributed by atoms with Gasteiger partial charge in [0, 0.05) is 90.3 Å². The van der Waals surface area contributed by atoms with Gasteiger partial charge in [-0.25, -0.2) is 69.8 Å². The molecule has 0 bridgehead atoms. The van der Waals surface area contributed by atoms with Gasteiger partial charge in [-0.15, -0.1) is 29.3 Å². The first-order valence-corrected chi connectivity index (χ1v) is 58.3. The van der Waals surface area contributed by atoms with Crippen LogP contribution < -0.4 is 24.6 Å². The molecule has 0 spiro atoms. The zero-order valence-electron chi connectivity index (χ0n) is 75.5. The number of thiocarbonyl (C=S) groups is 1. The third-order valence-electron chi connectivity index (χ3n) is 19.2. The van der Waals surface area contributed by atoms with Crippen molar-refractivity contribution in [1.82, 2.24) is 83.9 Å². The minimum Gasteiger partial charge on any atom is -0.394 e. The van der Waals surface area contributed by atoms with E-state index in [-0.39, 0.29) is 38.1 Å². The Bertz CT molecular complexity index is 6620. The molecule has 22 nitrogen and oxygen atoms in total. The van der Waals surface area contributed by atoms with Crippen molar-refractivity contribution < 1.29 is 0 Å². The fourth-order valence-electron chi connectivity index (χ4n) is 13.4. The largest absolute Gasteiger partial charge is 0.394 e. The van der Waals surface area contributed by atoms with Gasteiger partial charge in [0.25, 0.3) is 0 Å². The van der Waals surface area contributed by atoms with E-state index >= 15 is 0 Å². The third-order valence-corrected chi connectivity index (χ3v) is 46.1. The van der Waals surface area contributed by atoms with E-state index in [0.29, 0.717) is 47.4 Å². The number of nitrogens with zero attached hydrogens (tertiary/aromatic N) is 17. The van der Waals surface area contributed by atoms with E-state index in [1.54, 1.807) is 68.9 Å². The molecule has 692 valence electrons. The van der Waals surface area contributed by atoms with E-state index < -0.39 is 18.4 Å². The molecule has 6 N–H and O–H groups in total. The SMILES string of the molecule is C=CCn1ccnc1-c1s[c]([Sn]([CH2]CCC)([CH2]CCC)[CH2]CCC)cc1-c1ccc(Cl)cc1Cl.C=CCn1ccnc1-c1sc(-c2ncnc3sc(NC(C)(C)C)nc23)cc1-c1ccc(Cl)cc1Cl.CC(C)(C)N=C=S.CC(C)(C)Nc1nc2c(-c3cc(-c4ccc(Cl)cc4Cl)c(-c4ncc[nH]4)s3)ncnc2s1.CC(C)(C)Nc1nc2c(Cl)ncnc2s1.Nc1c(Cl)ncnc1Cl. The number of nitrogen functional groups attached to an aromatic ring is 1. The van der Waals surface area contributed by atoms with E-state index in [1.807, 2.05) is 99.2 Å². The number of H-pyrrole nitrogens is 1. The van der Waals surface area contributed by atoms with Crippen molar-refractivity contribution in [3.05, 3.63) is 206 Å². The van der Waals surface area contributed by atoms with Crippen LogP contribution in [0, 0.1) is 0 Å². The molecule has 0 saturated carbocycles. The van der Waals surface area contributed by atoms with Crippen molar-refractivity contribution in [3.63, 3.8) is 0 Å². The van der Waals surface area contributed by atoms with Crippen molar-refractivity contribution in [2.24, 2.45) is 4.99 Å². The summed E-state index contributed by atoms with van der Waals surface area (Å²) in [6.45, 7) is 41.0. The van der Waals surface area contributed by atoms with Gasteiger partial charge in [-0.3, -0.25) is 0 Å². The second kappa shape index (κ2) is 47.4. The fraction of sp³-hybridized carbons (Fsp3) is 0.323. The number of allylic oxidation sites excluding steroid dienone is 2. The number of imidazole rings is 3. The topological polar surface area (TPSA) is 281 Å². The van der Waals surface area contributed by atoms with Crippen LogP contribution in [0.25, 0.3) is 118 Å². The van der Waals surface area contributed by atoms with E-state index in [2.05, 4.69) is 228 Å². The quantitative estimate of drug-likeness (QED) is 0.0117. The van der Waals surface area contributed by atoms with Crippen LogP contribution in [0.2, 0.25) is 58.9 Å². The summed E-state index contributed by atoms with van der Waals surface area (Å²) in [4.78, 5) is 75.8. The Morgan fingerprint density at radius 2 is 0.833 bits per heavy atom. The van der Waals surface area contributed by atoms with Gasteiger partial charge in [0.2, 0.25) is 0 Å². The number of hydrogen-bond donors (Lipinski definition) is 5. The van der Waals surface area contributed by atoms with Gasteiger partial charge in [0.05, 0.1) is 30.2 Å². The summed E-state index contributed by atoms with van der Waals surface area (Å²) in [7, 11) is 0. The maximum atomic E-state index is 6.77. The summed E-state index contributed by atoms with van der Waals surface area (Å²) in [5.74, 6) is 2.61. The summed E-state index contributed by atoms with van der Waals surface area (Å²) >= 11 is 66.8. The van der Waals surface area contributed by atoms with Gasteiger partial charge in [-0.1, -0.05) is 133 Å². The first kappa shape index (κ1) is 105. The van der Waals surface area contributed by atoms with Gasteiger partial charge < -0.3 is 31.2 Å². The zero-order valence-corrected chi connectivity index (χ0v) is 90.9. The number of rotatable bonds is 25. The van der Waals surface area contributed by atoms with E-state index in [1.165, 1.54) is 109 Å². The molecule has 132 heavy (non-hydrogen) atoms. The first-order valence-electron chi connectivity index (χ1n) is 42.1. The molecular formula is C93H101Cl9N22S7Sn. The smallest absolute Gasteiger partial charge is 0.185 e. The van der Waals surface area contributed by atoms with E-state index in [0.717, 1.165) is 124 Å². The van der Waals surface area contributed by atoms with Crippen molar-refractivity contribution >= 4 is 263 Å². The number of thiazole rings is 3. The number of aromatic nitrogens is 17. The number of thiophene rings is 3. The molecule has 16 aromatic rings. The standard InChI is InChI=1S/C25H22Cl2N6S2.C22H18Cl2N6S2.C16H11Cl2N2S.C9H11ClN4S.C5H9NS.C4H3Cl2N3.3C4H9.Sn/c1-5-9-33-10-8-28-22(33)21-16(15-7-6-14(26)11-17(15)27)12-18(34-21)19-20-23(30-13-29-19)35-24(31-20)32-25(2,3)4;1-22(2,3)30-21-29-17-16(27-10-28-20(17)32-21)15-9-13(12-5-4-11(23)8-14(12)24)18(31-15)19-25-6-7-26-19;1-2-7-20-8-6-19-16(20)15-13(5-9-21-15)12-4-3-11(17)10-14(12)18;1-9(2,3)14-8-13-5-6(10)11-4-12-7(5)15-8;1-5(2,3)6-4-7;5-3-2(7)4(6)9-1-8-3;3*1-3-4-2;/h5-8,10-13H,1,9H2,2-4H3,(H,31,32);4-10H,1-3H3,(H,25,26)(H,29,30);2-6,8,10H,1,7H2;4H,1-3H3,(H,13,14);1-3H3;1H,7H2;3*1,3-4H2,2H3;. The number of aliphatic imine (C=N–C) groups is 1. The number of anilines is 4. The van der Waals surface area contributed by atoms with Crippen molar-refractivity contribution in [2.75, 3.05) is 21.7 Å². The van der Waals surface area contributed by atoms with Crippen molar-refractivity contribution in [2.45, 2.75) is 191 Å². The van der Waals surface area contributed by atoms with Gasteiger partial charge in [0.15, 0.2) is 36.7 Å². The number of halogens is 9. The van der Waals surface area contributed by atoms with Gasteiger partial charge in [0.1, 0.15) is 79.3 Å². The molecule has 0 amide bonds. The fourth-order valence-corrected chi connectivity index (χ4v) is 41.4. The van der Waals surface area contributed by atoms with Crippen molar-refractivity contribution in [3.8, 4) is 86.6 Å². The number of aromatic amines is 1. The van der Waals surface area contributed by atoms with Crippen LogP contribution in [0.4, 0.5) is 21.1 Å². The Hall–Kier alpha value is -7.73. The van der Waals surface area contributed by atoms with E-state index in [4.69, 9.17) is 125 Å². The summed E-state index contributed by atoms with van der Waals surface area (Å²) in [6.07, 6.45) is 28.7. The van der Waals surface area contributed by atoms with Crippen LogP contribution in [0.3, 0.4) is 0 Å². The predicted octanol–water partition coefficient (Wildman–Crippen LogP) is 31.5. The van der Waals surface area contributed by atoms with Crippen LogP contribution in [-0.2, 0) is 13.1 Å². The average molecular weight is 2190 g/mol. The Balaban J connectivity index is 0.000000164. The molecule has 0 aliphatic carbocycles. The molecule has 3 aromatic carbocycles. The Morgan fingerprint density at radius 1 is 0.455 bits per heavy atom. The molecule has 0 unspecified atom stereocenters. The molecule has 16 rings (SSSR count). The second-order valence-corrected chi connectivity index (χ2v) is 58.4.